The van der Waals surface area contributed by atoms with E-state index in [4.69, 9.17) is 0 Å². The maximum absolute atomic E-state index is 4.63. The van der Waals surface area contributed by atoms with Crippen molar-refractivity contribution in [2.45, 2.75) is 46.1 Å². The number of hydrogen-bond donors (Lipinski definition) is 1. The van der Waals surface area contributed by atoms with E-state index < -0.39 is 0 Å². The van der Waals surface area contributed by atoms with Crippen molar-refractivity contribution in [3.63, 3.8) is 0 Å². The summed E-state index contributed by atoms with van der Waals surface area (Å²) < 4.78 is 0.814. The van der Waals surface area contributed by atoms with E-state index in [9.17, 15) is 0 Å². The van der Waals surface area contributed by atoms with E-state index in [0.717, 1.165) is 16.2 Å². The van der Waals surface area contributed by atoms with E-state index in [2.05, 4.69) is 78.0 Å². The fourth-order valence-corrected chi connectivity index (χ4v) is 3.07. The molecular weight excluding hydrogens is 334 g/mol. The van der Waals surface area contributed by atoms with Gasteiger partial charge in [-0.25, -0.2) is 9.97 Å². The zero-order valence-electron chi connectivity index (χ0n) is 12.5. The van der Waals surface area contributed by atoms with Gasteiger partial charge in [0.1, 0.15) is 16.2 Å². The van der Waals surface area contributed by atoms with Crippen LogP contribution >= 0.6 is 27.3 Å². The Kier molecular flexibility index (Phi) is 4.49. The van der Waals surface area contributed by atoms with Crippen molar-refractivity contribution in [1.29, 1.82) is 0 Å². The Balaban J connectivity index is 2.23. The van der Waals surface area contributed by atoms with Crippen LogP contribution in [0.25, 0.3) is 0 Å². The molecule has 1 atom stereocenters. The molecule has 0 aliphatic rings. The van der Waals surface area contributed by atoms with Crippen LogP contribution in [0.3, 0.4) is 0 Å². The van der Waals surface area contributed by atoms with Crippen LogP contribution < -0.4 is 5.32 Å². The SMILES string of the molecule is Cc1ccc(C(C)Nc2cc(Br)nc(C(C)(C)C)n2)s1. The molecule has 0 aliphatic heterocycles. The molecular formula is C15H20BrN3S. The minimum Gasteiger partial charge on any atom is -0.363 e. The normalized spacial score (nSPS) is 13.3. The van der Waals surface area contributed by atoms with Gasteiger partial charge in [0.05, 0.1) is 6.04 Å². The Morgan fingerprint density at radius 2 is 1.95 bits per heavy atom. The van der Waals surface area contributed by atoms with Gasteiger partial charge in [-0.2, -0.15) is 0 Å². The second kappa shape index (κ2) is 5.82. The van der Waals surface area contributed by atoms with Crippen LogP contribution in [-0.4, -0.2) is 9.97 Å². The van der Waals surface area contributed by atoms with Crippen LogP contribution in [0.5, 0.6) is 0 Å². The summed E-state index contributed by atoms with van der Waals surface area (Å²) >= 11 is 5.28. The molecule has 108 valence electrons. The lowest BCUT2D eigenvalue weighted by Gasteiger charge is -2.19. The number of rotatable bonds is 3. The third kappa shape index (κ3) is 3.79. The number of aromatic nitrogens is 2. The summed E-state index contributed by atoms with van der Waals surface area (Å²) in [6.45, 7) is 10.6. The quantitative estimate of drug-likeness (QED) is 0.781. The van der Waals surface area contributed by atoms with Crippen molar-refractivity contribution < 1.29 is 0 Å². The first-order chi connectivity index (χ1) is 9.25. The predicted molar refractivity (Wildman–Crippen MR) is 89.5 cm³/mol. The van der Waals surface area contributed by atoms with Gasteiger partial charge in [0.25, 0.3) is 0 Å². The minimum absolute atomic E-state index is 0.0665. The number of nitrogens with zero attached hydrogens (tertiary/aromatic N) is 2. The lowest BCUT2D eigenvalue weighted by Crippen LogP contribution is -2.18. The zero-order valence-corrected chi connectivity index (χ0v) is 14.9. The van der Waals surface area contributed by atoms with Gasteiger partial charge in [-0.3, -0.25) is 0 Å². The minimum atomic E-state index is -0.0665. The first kappa shape index (κ1) is 15.4. The van der Waals surface area contributed by atoms with Gasteiger partial charge in [-0.15, -0.1) is 11.3 Å². The summed E-state index contributed by atoms with van der Waals surface area (Å²) in [5, 5.41) is 3.45. The number of hydrogen-bond acceptors (Lipinski definition) is 4. The summed E-state index contributed by atoms with van der Waals surface area (Å²) in [7, 11) is 0. The van der Waals surface area contributed by atoms with Crippen LogP contribution in [0.1, 0.15) is 49.3 Å². The third-order valence-corrected chi connectivity index (χ3v) is 4.51. The van der Waals surface area contributed by atoms with Gasteiger partial charge in [0.15, 0.2) is 0 Å². The Bertz CT molecular complexity index is 601. The van der Waals surface area contributed by atoms with Gasteiger partial charge in [0, 0.05) is 21.2 Å². The third-order valence-electron chi connectivity index (χ3n) is 2.92. The van der Waals surface area contributed by atoms with E-state index in [-0.39, 0.29) is 11.5 Å². The smallest absolute Gasteiger partial charge is 0.137 e. The molecule has 0 saturated carbocycles. The van der Waals surface area contributed by atoms with Gasteiger partial charge >= 0.3 is 0 Å². The molecule has 2 rings (SSSR count). The summed E-state index contributed by atoms with van der Waals surface area (Å²) in [4.78, 5) is 11.7. The monoisotopic (exact) mass is 353 g/mol. The number of thiophene rings is 1. The Morgan fingerprint density at radius 1 is 1.25 bits per heavy atom. The van der Waals surface area contributed by atoms with Crippen LogP contribution in [0.2, 0.25) is 0 Å². The molecule has 0 spiro atoms. The lowest BCUT2D eigenvalue weighted by molar-refractivity contribution is 0.544. The van der Waals surface area contributed by atoms with E-state index in [0.29, 0.717) is 0 Å². The number of aryl methyl sites for hydroxylation is 1. The lowest BCUT2D eigenvalue weighted by atomic mass is 9.96. The summed E-state index contributed by atoms with van der Waals surface area (Å²) in [6, 6.07) is 6.47. The highest BCUT2D eigenvalue weighted by atomic mass is 79.9. The van der Waals surface area contributed by atoms with Crippen molar-refractivity contribution in [2.75, 3.05) is 5.32 Å². The van der Waals surface area contributed by atoms with E-state index in [1.165, 1.54) is 9.75 Å². The molecule has 0 saturated heterocycles. The van der Waals surface area contributed by atoms with Crippen LogP contribution in [0.15, 0.2) is 22.8 Å². The average Bonchev–Trinajstić information content (AvgIpc) is 2.74. The molecule has 0 aromatic carbocycles. The Morgan fingerprint density at radius 3 is 2.50 bits per heavy atom. The molecule has 1 unspecified atom stereocenters. The maximum atomic E-state index is 4.63. The topological polar surface area (TPSA) is 37.8 Å². The highest BCUT2D eigenvalue weighted by molar-refractivity contribution is 9.10. The summed E-state index contributed by atoms with van der Waals surface area (Å²) in [5.74, 6) is 1.69. The number of nitrogens with one attached hydrogen (secondary N) is 1. The Labute approximate surface area is 133 Å². The zero-order chi connectivity index (χ0) is 14.9. The first-order valence-corrected chi connectivity index (χ1v) is 8.24. The number of halogens is 1. The van der Waals surface area contributed by atoms with E-state index in [1.54, 1.807) is 0 Å². The molecule has 1 N–H and O–H groups in total. The van der Waals surface area contributed by atoms with Gasteiger partial charge in [-0.1, -0.05) is 20.8 Å². The predicted octanol–water partition coefficient (Wildman–Crippen LogP) is 5.08. The molecule has 2 heterocycles. The molecule has 2 aromatic heterocycles. The molecule has 0 fully saturated rings. The van der Waals surface area contributed by atoms with Crippen molar-refractivity contribution in [3.05, 3.63) is 38.4 Å². The standard InChI is InChI=1S/C15H20BrN3S/c1-9-6-7-11(20-9)10(2)17-13-8-12(16)18-14(19-13)15(3,4)5/h6-8,10H,1-5H3,(H,17,18,19). The van der Waals surface area contributed by atoms with Crippen LogP contribution in [0, 0.1) is 6.92 Å². The summed E-state index contributed by atoms with van der Waals surface area (Å²) in [6.07, 6.45) is 0. The highest BCUT2D eigenvalue weighted by Gasteiger charge is 2.19. The average molecular weight is 354 g/mol. The van der Waals surface area contributed by atoms with Crippen molar-refractivity contribution >= 4 is 33.1 Å². The molecule has 0 amide bonds. The molecule has 5 heteroatoms. The van der Waals surface area contributed by atoms with E-state index >= 15 is 0 Å². The van der Waals surface area contributed by atoms with Crippen LogP contribution in [0.4, 0.5) is 5.82 Å². The molecule has 0 radical (unpaired) electrons. The second-order valence-corrected chi connectivity index (χ2v) is 8.10. The highest BCUT2D eigenvalue weighted by Crippen LogP contribution is 2.27. The van der Waals surface area contributed by atoms with Gasteiger partial charge in [0.2, 0.25) is 0 Å². The summed E-state index contributed by atoms with van der Waals surface area (Å²) in [5.41, 5.74) is -0.0665. The van der Waals surface area contributed by atoms with Crippen molar-refractivity contribution in [2.24, 2.45) is 0 Å². The van der Waals surface area contributed by atoms with Crippen molar-refractivity contribution in [3.8, 4) is 0 Å². The molecule has 20 heavy (non-hydrogen) atoms. The largest absolute Gasteiger partial charge is 0.363 e. The Hall–Kier alpha value is -0.940. The van der Waals surface area contributed by atoms with Crippen molar-refractivity contribution in [1.82, 2.24) is 9.97 Å². The molecule has 0 bridgehead atoms. The first-order valence-electron chi connectivity index (χ1n) is 6.63. The molecule has 2 aromatic rings. The fourth-order valence-electron chi connectivity index (χ4n) is 1.81. The van der Waals surface area contributed by atoms with Gasteiger partial charge in [-0.05, 0) is 41.9 Å². The second-order valence-electron chi connectivity index (χ2n) is 5.96. The maximum Gasteiger partial charge on any atom is 0.137 e. The molecule has 3 nitrogen and oxygen atoms in total. The van der Waals surface area contributed by atoms with Gasteiger partial charge < -0.3 is 5.32 Å². The van der Waals surface area contributed by atoms with Crippen LogP contribution in [-0.2, 0) is 5.41 Å². The number of anilines is 1. The molecule has 0 aliphatic carbocycles. The fraction of sp³-hybridized carbons (Fsp3) is 0.467. The van der Waals surface area contributed by atoms with E-state index in [1.807, 2.05) is 17.4 Å².